The Balaban J connectivity index is 1.86. The van der Waals surface area contributed by atoms with Gasteiger partial charge in [0.25, 0.3) is 0 Å². The molecule has 0 N–H and O–H groups in total. The highest BCUT2D eigenvalue weighted by molar-refractivity contribution is 5.99. The molecule has 3 rings (SSSR count). The molecule has 1 heterocycles. The van der Waals surface area contributed by atoms with Gasteiger partial charge in [-0.25, -0.2) is 0 Å². The van der Waals surface area contributed by atoms with E-state index < -0.39 is 0 Å². The van der Waals surface area contributed by atoms with Gasteiger partial charge in [0, 0.05) is 12.3 Å². The molecule has 0 amide bonds. The fraction of sp³-hybridized carbons (Fsp3) is 0.267. The molecule has 86 valence electrons. The van der Waals surface area contributed by atoms with Gasteiger partial charge in [-0.15, -0.1) is 0 Å². The average molecular weight is 226 g/mol. The van der Waals surface area contributed by atoms with Gasteiger partial charge in [-0.2, -0.15) is 0 Å². The molecule has 0 aromatic heterocycles. The van der Waals surface area contributed by atoms with E-state index in [1.54, 1.807) is 0 Å². The summed E-state index contributed by atoms with van der Waals surface area (Å²) in [6.07, 6.45) is 9.75. The van der Waals surface area contributed by atoms with Crippen LogP contribution in [0.5, 0.6) is 5.75 Å². The van der Waals surface area contributed by atoms with Crippen molar-refractivity contribution in [2.75, 3.05) is 0 Å². The Hall–Kier alpha value is -1.83. The molecule has 0 fully saturated rings. The predicted molar refractivity (Wildman–Crippen MR) is 66.2 cm³/mol. The molecule has 1 aliphatic carbocycles. The molecule has 2 aliphatic rings. The number of hydrogen-bond donors (Lipinski definition) is 0. The highest BCUT2D eigenvalue weighted by atomic mass is 16.5. The molecule has 0 saturated heterocycles. The van der Waals surface area contributed by atoms with Gasteiger partial charge in [0.15, 0.2) is 5.78 Å². The maximum atomic E-state index is 12.0. The highest BCUT2D eigenvalue weighted by Gasteiger charge is 2.30. The van der Waals surface area contributed by atoms with Crippen LogP contribution >= 0.6 is 0 Å². The van der Waals surface area contributed by atoms with Crippen LogP contribution in [0.1, 0.15) is 23.2 Å². The van der Waals surface area contributed by atoms with Crippen LogP contribution in [-0.4, -0.2) is 11.9 Å². The third kappa shape index (κ3) is 1.91. The molecule has 0 saturated carbocycles. The van der Waals surface area contributed by atoms with Crippen molar-refractivity contribution in [2.24, 2.45) is 5.92 Å². The molecule has 2 nitrogen and oxygen atoms in total. The molecule has 2 unspecified atom stereocenters. The Morgan fingerprint density at radius 2 is 2.06 bits per heavy atom. The van der Waals surface area contributed by atoms with E-state index in [1.807, 2.05) is 36.4 Å². The monoisotopic (exact) mass is 226 g/mol. The summed E-state index contributed by atoms with van der Waals surface area (Å²) in [5.41, 5.74) is 0.721. The molecule has 1 aliphatic heterocycles. The van der Waals surface area contributed by atoms with Crippen LogP contribution < -0.4 is 4.74 Å². The number of para-hydroxylation sites is 1. The number of Topliss-reactive ketones (excluding diaryl/α,β-unsaturated/α-hetero) is 1. The summed E-state index contributed by atoms with van der Waals surface area (Å²) in [6, 6.07) is 7.50. The van der Waals surface area contributed by atoms with Gasteiger partial charge in [-0.05, 0) is 18.6 Å². The van der Waals surface area contributed by atoms with E-state index in [0.29, 0.717) is 12.3 Å². The van der Waals surface area contributed by atoms with Crippen molar-refractivity contribution in [3.05, 3.63) is 54.1 Å². The lowest BCUT2D eigenvalue weighted by atomic mass is 9.88. The number of benzene rings is 1. The van der Waals surface area contributed by atoms with E-state index in [9.17, 15) is 4.79 Å². The van der Waals surface area contributed by atoms with Crippen LogP contribution in [-0.2, 0) is 0 Å². The van der Waals surface area contributed by atoms with Crippen molar-refractivity contribution in [1.29, 1.82) is 0 Å². The number of ether oxygens (including phenoxy) is 1. The zero-order valence-electron chi connectivity index (χ0n) is 9.50. The number of fused-ring (bicyclic) bond motifs is 1. The Morgan fingerprint density at radius 1 is 1.18 bits per heavy atom. The third-order valence-electron chi connectivity index (χ3n) is 3.34. The zero-order valence-corrected chi connectivity index (χ0v) is 9.50. The summed E-state index contributed by atoms with van der Waals surface area (Å²) in [5, 5.41) is 0. The number of ketones is 1. The smallest absolute Gasteiger partial charge is 0.170 e. The summed E-state index contributed by atoms with van der Waals surface area (Å²) in [5.74, 6) is 1.24. The summed E-state index contributed by atoms with van der Waals surface area (Å²) >= 11 is 0. The molecule has 17 heavy (non-hydrogen) atoms. The topological polar surface area (TPSA) is 26.3 Å². The lowest BCUT2D eigenvalue weighted by Gasteiger charge is -2.30. The normalized spacial score (nSPS) is 26.5. The largest absolute Gasteiger partial charge is 0.489 e. The number of carbonyl (C=O) groups is 1. The number of rotatable bonds is 1. The minimum atomic E-state index is -0.0152. The van der Waals surface area contributed by atoms with Crippen molar-refractivity contribution in [3.63, 3.8) is 0 Å². The van der Waals surface area contributed by atoms with E-state index in [2.05, 4.69) is 12.2 Å². The van der Waals surface area contributed by atoms with Crippen molar-refractivity contribution in [2.45, 2.75) is 18.9 Å². The Kier molecular flexibility index (Phi) is 2.56. The van der Waals surface area contributed by atoms with Crippen LogP contribution in [0.15, 0.2) is 48.6 Å². The second kappa shape index (κ2) is 4.21. The quantitative estimate of drug-likeness (QED) is 0.735. The molecule has 0 spiro atoms. The van der Waals surface area contributed by atoms with Crippen molar-refractivity contribution in [1.82, 2.24) is 0 Å². The maximum Gasteiger partial charge on any atom is 0.170 e. The number of allylic oxidation sites excluding steroid dienone is 3. The summed E-state index contributed by atoms with van der Waals surface area (Å²) < 4.78 is 5.94. The Morgan fingerprint density at radius 3 is 2.88 bits per heavy atom. The number of carbonyl (C=O) groups excluding carboxylic acids is 1. The van der Waals surface area contributed by atoms with Gasteiger partial charge in [-0.1, -0.05) is 36.4 Å². The molecule has 1 aromatic carbocycles. The van der Waals surface area contributed by atoms with Gasteiger partial charge in [-0.3, -0.25) is 4.79 Å². The van der Waals surface area contributed by atoms with Crippen LogP contribution in [0.3, 0.4) is 0 Å². The van der Waals surface area contributed by atoms with E-state index in [4.69, 9.17) is 4.74 Å². The Labute approximate surface area is 101 Å². The van der Waals surface area contributed by atoms with Gasteiger partial charge < -0.3 is 4.74 Å². The van der Waals surface area contributed by atoms with E-state index in [0.717, 1.165) is 17.7 Å². The maximum absolute atomic E-state index is 12.0. The lowest BCUT2D eigenvalue weighted by Crippen LogP contribution is -2.33. The summed E-state index contributed by atoms with van der Waals surface area (Å²) in [4.78, 5) is 12.0. The molecular formula is C15H14O2. The SMILES string of the molecule is O=C1CC(C2C=CC=CC2)Oc2ccccc21. The summed E-state index contributed by atoms with van der Waals surface area (Å²) in [7, 11) is 0. The van der Waals surface area contributed by atoms with Crippen molar-refractivity contribution in [3.8, 4) is 5.75 Å². The van der Waals surface area contributed by atoms with Crippen LogP contribution in [0.4, 0.5) is 0 Å². The molecule has 1 aromatic rings. The molecule has 0 bridgehead atoms. The van der Waals surface area contributed by atoms with Gasteiger partial charge >= 0.3 is 0 Å². The first-order valence-electron chi connectivity index (χ1n) is 5.97. The summed E-state index contributed by atoms with van der Waals surface area (Å²) in [6.45, 7) is 0. The first-order valence-corrected chi connectivity index (χ1v) is 5.97. The first-order chi connectivity index (χ1) is 8.34. The van der Waals surface area contributed by atoms with Crippen molar-refractivity contribution < 1.29 is 9.53 Å². The second-order valence-electron chi connectivity index (χ2n) is 4.49. The standard InChI is InChI=1S/C15H14O2/c16-13-10-15(11-6-2-1-3-7-11)17-14-9-5-4-8-12(13)14/h1-6,8-9,11,15H,7,10H2. The van der Waals surface area contributed by atoms with Gasteiger partial charge in [0.05, 0.1) is 5.56 Å². The van der Waals surface area contributed by atoms with Crippen LogP contribution in [0, 0.1) is 5.92 Å². The lowest BCUT2D eigenvalue weighted by molar-refractivity contribution is 0.0784. The van der Waals surface area contributed by atoms with E-state index in [-0.39, 0.29) is 11.9 Å². The fourth-order valence-corrected chi connectivity index (χ4v) is 2.41. The molecule has 2 heteroatoms. The minimum Gasteiger partial charge on any atom is -0.489 e. The van der Waals surface area contributed by atoms with Gasteiger partial charge in [0.1, 0.15) is 11.9 Å². The molecular weight excluding hydrogens is 212 g/mol. The van der Waals surface area contributed by atoms with Crippen molar-refractivity contribution >= 4 is 5.78 Å². The predicted octanol–water partition coefficient (Wildman–Crippen LogP) is 3.15. The van der Waals surface area contributed by atoms with Gasteiger partial charge in [0.2, 0.25) is 0 Å². The average Bonchev–Trinajstić information content (AvgIpc) is 2.40. The highest BCUT2D eigenvalue weighted by Crippen LogP contribution is 2.32. The van der Waals surface area contributed by atoms with Crippen LogP contribution in [0.25, 0.3) is 0 Å². The zero-order chi connectivity index (χ0) is 11.7. The molecule has 0 radical (unpaired) electrons. The van der Waals surface area contributed by atoms with Crippen LogP contribution in [0.2, 0.25) is 0 Å². The fourth-order valence-electron chi connectivity index (χ4n) is 2.41. The Bertz CT molecular complexity index is 499. The second-order valence-corrected chi connectivity index (χ2v) is 4.49. The molecule has 2 atom stereocenters. The minimum absolute atomic E-state index is 0.0152. The third-order valence-corrected chi connectivity index (χ3v) is 3.34. The number of hydrogen-bond acceptors (Lipinski definition) is 2. The van der Waals surface area contributed by atoms with E-state index in [1.165, 1.54) is 0 Å². The first kappa shape index (κ1) is 10.3. The van der Waals surface area contributed by atoms with E-state index >= 15 is 0 Å².